The molecule has 0 atom stereocenters. The van der Waals surface area contributed by atoms with Crippen LogP contribution in [0.1, 0.15) is 5.56 Å². The van der Waals surface area contributed by atoms with Crippen LogP contribution in [0.15, 0.2) is 72.1 Å². The number of hydrogen-bond donors (Lipinski definition) is 1. The quantitative estimate of drug-likeness (QED) is 0.376. The topological polar surface area (TPSA) is 81.9 Å². The zero-order valence-corrected chi connectivity index (χ0v) is 16.6. The minimum absolute atomic E-state index is 0.0694. The van der Waals surface area contributed by atoms with Crippen molar-refractivity contribution in [1.29, 1.82) is 0 Å². The summed E-state index contributed by atoms with van der Waals surface area (Å²) in [6.07, 6.45) is 3.23. The van der Waals surface area contributed by atoms with E-state index in [2.05, 4.69) is 20.4 Å². The van der Waals surface area contributed by atoms with E-state index in [9.17, 15) is 4.79 Å². The fourth-order valence-corrected chi connectivity index (χ4v) is 3.65. The smallest absolute Gasteiger partial charge is 0.230 e. The highest BCUT2D eigenvalue weighted by Crippen LogP contribution is 2.25. The molecule has 0 spiro atoms. The van der Waals surface area contributed by atoms with Gasteiger partial charge in [0.25, 0.3) is 0 Å². The summed E-state index contributed by atoms with van der Waals surface area (Å²) in [5.41, 5.74) is 2.62. The lowest BCUT2D eigenvalue weighted by Gasteiger charge is -2.07. The second-order valence-corrected chi connectivity index (χ2v) is 7.19. The molecule has 0 unspecified atom stereocenters. The van der Waals surface area contributed by atoms with Crippen LogP contribution in [0.25, 0.3) is 16.7 Å². The number of para-hydroxylation sites is 1. The molecule has 0 radical (unpaired) electrons. The molecule has 0 aliphatic heterocycles. The molecule has 0 fully saturated rings. The molecule has 0 aliphatic rings. The lowest BCUT2D eigenvalue weighted by Crippen LogP contribution is -2.24. The molecule has 4 rings (SSSR count). The maximum atomic E-state index is 12.3. The Bertz CT molecular complexity index is 1130. The van der Waals surface area contributed by atoms with Crippen molar-refractivity contribution in [2.45, 2.75) is 11.6 Å². The summed E-state index contributed by atoms with van der Waals surface area (Å²) in [6, 6.07) is 17.4. The van der Waals surface area contributed by atoms with Gasteiger partial charge in [0.2, 0.25) is 5.91 Å². The average molecular weight is 405 g/mol. The Kier molecular flexibility index (Phi) is 5.71. The molecule has 1 N–H and O–H groups in total. The first-order valence-corrected chi connectivity index (χ1v) is 10.00. The molecule has 8 heteroatoms. The van der Waals surface area contributed by atoms with Crippen molar-refractivity contribution in [3.63, 3.8) is 0 Å². The van der Waals surface area contributed by atoms with Gasteiger partial charge in [-0.25, -0.2) is 14.6 Å². The average Bonchev–Trinajstić information content (AvgIpc) is 3.22. The number of thioether (sulfide) groups is 1. The van der Waals surface area contributed by atoms with Gasteiger partial charge in [-0.3, -0.25) is 4.79 Å². The van der Waals surface area contributed by atoms with Gasteiger partial charge in [0, 0.05) is 6.54 Å². The molecule has 4 aromatic rings. The fraction of sp³-hybridized carbons (Fsp3) is 0.143. The number of rotatable bonds is 7. The van der Waals surface area contributed by atoms with Crippen LogP contribution in [0.3, 0.4) is 0 Å². The Morgan fingerprint density at radius 2 is 2.00 bits per heavy atom. The van der Waals surface area contributed by atoms with Crippen LogP contribution in [0.2, 0.25) is 0 Å². The molecule has 1 amide bonds. The Morgan fingerprint density at radius 3 is 2.83 bits per heavy atom. The highest BCUT2D eigenvalue weighted by atomic mass is 32.2. The molecule has 2 heterocycles. The number of aromatic nitrogens is 4. The van der Waals surface area contributed by atoms with Crippen LogP contribution in [0.5, 0.6) is 5.75 Å². The molecule has 0 saturated carbocycles. The molecular formula is C21H19N5O2S. The third-order valence-electron chi connectivity index (χ3n) is 4.29. The van der Waals surface area contributed by atoms with E-state index in [1.54, 1.807) is 18.0 Å². The largest absolute Gasteiger partial charge is 0.497 e. The maximum absolute atomic E-state index is 12.3. The van der Waals surface area contributed by atoms with Crippen LogP contribution in [0, 0.1) is 0 Å². The van der Waals surface area contributed by atoms with Crippen molar-refractivity contribution in [2.24, 2.45) is 0 Å². The number of nitrogens with one attached hydrogen (secondary N) is 1. The van der Waals surface area contributed by atoms with E-state index in [1.165, 1.54) is 18.1 Å². The lowest BCUT2D eigenvalue weighted by molar-refractivity contribution is -0.118. The van der Waals surface area contributed by atoms with Gasteiger partial charge in [-0.05, 0) is 29.8 Å². The van der Waals surface area contributed by atoms with E-state index >= 15 is 0 Å². The molecule has 2 aromatic heterocycles. The minimum Gasteiger partial charge on any atom is -0.497 e. The molecule has 146 valence electrons. The van der Waals surface area contributed by atoms with Gasteiger partial charge < -0.3 is 10.1 Å². The SMILES string of the molecule is COc1cccc(CNC(=O)CSc2ncnc3c2cnn3-c2ccccc2)c1. The third-order valence-corrected chi connectivity index (χ3v) is 5.30. The monoisotopic (exact) mass is 405 g/mol. The Balaban J connectivity index is 1.42. The van der Waals surface area contributed by atoms with Crippen molar-refractivity contribution >= 4 is 28.7 Å². The Labute approximate surface area is 172 Å². The number of carbonyl (C=O) groups excluding carboxylic acids is 1. The van der Waals surface area contributed by atoms with E-state index in [1.807, 2.05) is 54.6 Å². The Hall–Kier alpha value is -3.39. The number of benzene rings is 2. The summed E-state index contributed by atoms with van der Waals surface area (Å²) in [6.45, 7) is 0.446. The Morgan fingerprint density at radius 1 is 1.14 bits per heavy atom. The van der Waals surface area contributed by atoms with E-state index in [0.717, 1.165) is 27.4 Å². The van der Waals surface area contributed by atoms with Gasteiger partial charge in [0.15, 0.2) is 5.65 Å². The van der Waals surface area contributed by atoms with Crippen LogP contribution >= 0.6 is 11.8 Å². The first-order chi connectivity index (χ1) is 14.2. The standard InChI is InChI=1S/C21H19N5O2S/c1-28-17-9-5-6-15(10-17)11-22-19(27)13-29-21-18-12-25-26(20(18)23-14-24-21)16-7-3-2-4-8-16/h2-10,12,14H,11,13H2,1H3,(H,22,27). The van der Waals surface area contributed by atoms with Gasteiger partial charge in [-0.15, -0.1) is 0 Å². The maximum Gasteiger partial charge on any atom is 0.230 e. The summed E-state index contributed by atoms with van der Waals surface area (Å²) >= 11 is 1.37. The molecule has 29 heavy (non-hydrogen) atoms. The van der Waals surface area contributed by atoms with E-state index in [-0.39, 0.29) is 11.7 Å². The number of nitrogens with zero attached hydrogens (tertiary/aromatic N) is 4. The number of carbonyl (C=O) groups is 1. The second-order valence-electron chi connectivity index (χ2n) is 6.22. The number of fused-ring (bicyclic) bond motifs is 1. The zero-order valence-electron chi connectivity index (χ0n) is 15.8. The molecule has 0 aliphatic carbocycles. The van der Waals surface area contributed by atoms with Gasteiger partial charge in [0.05, 0.1) is 30.1 Å². The van der Waals surface area contributed by atoms with E-state index in [4.69, 9.17) is 4.74 Å². The number of ether oxygens (including phenoxy) is 1. The van der Waals surface area contributed by atoms with Crippen LogP contribution in [-0.4, -0.2) is 38.5 Å². The molecule has 0 saturated heterocycles. The van der Waals surface area contributed by atoms with Crippen molar-refractivity contribution in [3.05, 3.63) is 72.7 Å². The van der Waals surface area contributed by atoms with Gasteiger partial charge >= 0.3 is 0 Å². The van der Waals surface area contributed by atoms with Crippen molar-refractivity contribution in [3.8, 4) is 11.4 Å². The minimum atomic E-state index is -0.0694. The summed E-state index contributed by atoms with van der Waals surface area (Å²) in [4.78, 5) is 21.0. The van der Waals surface area contributed by atoms with Crippen molar-refractivity contribution in [2.75, 3.05) is 12.9 Å². The van der Waals surface area contributed by atoms with E-state index < -0.39 is 0 Å². The van der Waals surface area contributed by atoms with Crippen LogP contribution < -0.4 is 10.1 Å². The number of methoxy groups -OCH3 is 1. The van der Waals surface area contributed by atoms with Gasteiger partial charge in [0.1, 0.15) is 17.1 Å². The second kappa shape index (κ2) is 8.74. The normalized spacial score (nSPS) is 10.8. The number of amides is 1. The summed E-state index contributed by atoms with van der Waals surface area (Å²) in [5.74, 6) is 0.956. The highest BCUT2D eigenvalue weighted by Gasteiger charge is 2.13. The highest BCUT2D eigenvalue weighted by molar-refractivity contribution is 8.00. The summed E-state index contributed by atoms with van der Waals surface area (Å²) in [7, 11) is 1.62. The summed E-state index contributed by atoms with van der Waals surface area (Å²) < 4.78 is 6.97. The first kappa shape index (κ1) is 18.9. The summed E-state index contributed by atoms with van der Waals surface area (Å²) in [5, 5.41) is 8.91. The first-order valence-electron chi connectivity index (χ1n) is 9.01. The third kappa shape index (κ3) is 4.38. The number of hydrogen-bond acceptors (Lipinski definition) is 6. The van der Waals surface area contributed by atoms with Crippen LogP contribution in [-0.2, 0) is 11.3 Å². The predicted octanol–water partition coefficient (Wildman–Crippen LogP) is 3.23. The molecule has 0 bridgehead atoms. The van der Waals surface area contributed by atoms with Crippen LogP contribution in [0.4, 0.5) is 0 Å². The fourth-order valence-electron chi connectivity index (χ4n) is 2.86. The van der Waals surface area contributed by atoms with Gasteiger partial charge in [-0.1, -0.05) is 42.1 Å². The predicted molar refractivity (Wildman–Crippen MR) is 112 cm³/mol. The van der Waals surface area contributed by atoms with E-state index in [0.29, 0.717) is 12.2 Å². The molecule has 7 nitrogen and oxygen atoms in total. The van der Waals surface area contributed by atoms with Gasteiger partial charge in [-0.2, -0.15) is 5.10 Å². The molecular weight excluding hydrogens is 386 g/mol. The lowest BCUT2D eigenvalue weighted by atomic mass is 10.2. The van der Waals surface area contributed by atoms with Crippen molar-refractivity contribution in [1.82, 2.24) is 25.1 Å². The zero-order chi connectivity index (χ0) is 20.1. The van der Waals surface area contributed by atoms with Crippen molar-refractivity contribution < 1.29 is 9.53 Å². The molecule has 2 aromatic carbocycles.